The average Bonchev–Trinajstić information content (AvgIpc) is 2.59. The first kappa shape index (κ1) is 16.2. The number of aryl methyl sites for hydroxylation is 1. The molecule has 2 N–H and O–H groups in total. The van der Waals surface area contributed by atoms with Gasteiger partial charge in [-0.25, -0.2) is 0 Å². The van der Waals surface area contributed by atoms with Gasteiger partial charge in [-0.3, -0.25) is 9.78 Å². The highest BCUT2D eigenvalue weighted by Gasteiger charge is 2.09. The number of amides is 1. The van der Waals surface area contributed by atoms with E-state index in [1.807, 2.05) is 55.5 Å². The van der Waals surface area contributed by atoms with Gasteiger partial charge < -0.3 is 10.6 Å². The summed E-state index contributed by atoms with van der Waals surface area (Å²) in [6.45, 7) is 2.03. The Morgan fingerprint density at radius 1 is 1.00 bits per heavy atom. The maximum atomic E-state index is 12.4. The number of pyridine rings is 1. The molecular formula is C19H16BrN3O. The molecule has 0 saturated carbocycles. The Morgan fingerprint density at radius 3 is 2.46 bits per heavy atom. The zero-order valence-electron chi connectivity index (χ0n) is 13.1. The summed E-state index contributed by atoms with van der Waals surface area (Å²) in [7, 11) is 0. The highest BCUT2D eigenvalue weighted by atomic mass is 79.9. The van der Waals surface area contributed by atoms with Crippen molar-refractivity contribution in [2.24, 2.45) is 0 Å². The molecule has 1 aromatic heterocycles. The minimum absolute atomic E-state index is 0.206. The van der Waals surface area contributed by atoms with Crippen molar-refractivity contribution in [3.8, 4) is 0 Å². The summed E-state index contributed by atoms with van der Waals surface area (Å²) in [5, 5.41) is 6.17. The number of para-hydroxylation sites is 2. The van der Waals surface area contributed by atoms with Crippen molar-refractivity contribution in [3.63, 3.8) is 0 Å². The molecule has 0 atom stereocenters. The van der Waals surface area contributed by atoms with Crippen LogP contribution in [-0.2, 0) is 0 Å². The Hall–Kier alpha value is -2.66. The fourth-order valence-electron chi connectivity index (χ4n) is 2.26. The number of hydrogen-bond donors (Lipinski definition) is 2. The molecule has 24 heavy (non-hydrogen) atoms. The van der Waals surface area contributed by atoms with Crippen LogP contribution in [0.15, 0.2) is 71.5 Å². The van der Waals surface area contributed by atoms with Crippen LogP contribution in [0.1, 0.15) is 15.9 Å². The number of nitrogens with one attached hydrogen (secondary N) is 2. The predicted octanol–water partition coefficient (Wildman–Crippen LogP) is 5.15. The van der Waals surface area contributed by atoms with Crippen LogP contribution in [-0.4, -0.2) is 10.9 Å². The maximum absolute atomic E-state index is 12.4. The Morgan fingerprint density at radius 2 is 1.71 bits per heavy atom. The number of halogens is 1. The fraction of sp³-hybridized carbons (Fsp3) is 0.0526. The van der Waals surface area contributed by atoms with Crippen molar-refractivity contribution >= 4 is 38.9 Å². The van der Waals surface area contributed by atoms with E-state index >= 15 is 0 Å². The SMILES string of the molecule is Cc1ccccc1Nc1cncc(C(=O)Nc2ccccc2Br)c1. The van der Waals surface area contributed by atoms with Crippen molar-refractivity contribution in [1.82, 2.24) is 4.98 Å². The molecule has 0 radical (unpaired) electrons. The van der Waals surface area contributed by atoms with Crippen LogP contribution in [0.3, 0.4) is 0 Å². The van der Waals surface area contributed by atoms with Gasteiger partial charge >= 0.3 is 0 Å². The Bertz CT molecular complexity index is 880. The monoisotopic (exact) mass is 381 g/mol. The molecule has 0 aliphatic carbocycles. The summed E-state index contributed by atoms with van der Waals surface area (Å²) in [6, 6.07) is 17.2. The summed E-state index contributed by atoms with van der Waals surface area (Å²) in [5.74, 6) is -0.206. The number of nitrogens with zero attached hydrogens (tertiary/aromatic N) is 1. The van der Waals surface area contributed by atoms with E-state index in [-0.39, 0.29) is 5.91 Å². The molecule has 3 aromatic rings. The van der Waals surface area contributed by atoms with Crippen molar-refractivity contribution in [3.05, 3.63) is 82.6 Å². The number of benzene rings is 2. The van der Waals surface area contributed by atoms with E-state index in [0.29, 0.717) is 5.56 Å². The van der Waals surface area contributed by atoms with E-state index in [9.17, 15) is 4.79 Å². The molecule has 0 saturated heterocycles. The predicted molar refractivity (Wildman–Crippen MR) is 101 cm³/mol. The molecule has 0 aliphatic rings. The molecule has 5 heteroatoms. The van der Waals surface area contributed by atoms with Crippen molar-refractivity contribution in [2.45, 2.75) is 6.92 Å². The topological polar surface area (TPSA) is 54.0 Å². The van der Waals surface area contributed by atoms with E-state index < -0.39 is 0 Å². The number of anilines is 3. The van der Waals surface area contributed by atoms with E-state index in [0.717, 1.165) is 27.1 Å². The quantitative estimate of drug-likeness (QED) is 0.656. The smallest absolute Gasteiger partial charge is 0.257 e. The first-order chi connectivity index (χ1) is 11.6. The third kappa shape index (κ3) is 3.81. The molecule has 3 rings (SSSR count). The third-order valence-electron chi connectivity index (χ3n) is 3.55. The number of carbonyl (C=O) groups is 1. The van der Waals surface area contributed by atoms with Crippen molar-refractivity contribution in [1.29, 1.82) is 0 Å². The van der Waals surface area contributed by atoms with Gasteiger partial charge in [0, 0.05) is 16.4 Å². The maximum Gasteiger partial charge on any atom is 0.257 e. The lowest BCUT2D eigenvalue weighted by atomic mass is 10.2. The van der Waals surface area contributed by atoms with Crippen LogP contribution in [0, 0.1) is 6.92 Å². The summed E-state index contributed by atoms with van der Waals surface area (Å²) in [6.07, 6.45) is 3.25. The molecule has 2 aromatic carbocycles. The third-order valence-corrected chi connectivity index (χ3v) is 4.24. The van der Waals surface area contributed by atoms with Gasteiger partial charge in [-0.15, -0.1) is 0 Å². The average molecular weight is 382 g/mol. The largest absolute Gasteiger partial charge is 0.354 e. The van der Waals surface area contributed by atoms with E-state index in [4.69, 9.17) is 0 Å². The zero-order chi connectivity index (χ0) is 16.9. The van der Waals surface area contributed by atoms with Crippen molar-refractivity contribution in [2.75, 3.05) is 10.6 Å². The molecule has 0 fully saturated rings. The van der Waals surface area contributed by atoms with E-state index in [1.54, 1.807) is 18.5 Å². The minimum Gasteiger partial charge on any atom is -0.354 e. The molecule has 0 spiro atoms. The van der Waals surface area contributed by atoms with Crippen LogP contribution in [0.5, 0.6) is 0 Å². The fourth-order valence-corrected chi connectivity index (χ4v) is 2.64. The van der Waals surface area contributed by atoms with E-state index in [2.05, 4.69) is 31.5 Å². The molecule has 0 unspecified atom stereocenters. The van der Waals surface area contributed by atoms with Crippen LogP contribution >= 0.6 is 15.9 Å². The van der Waals surface area contributed by atoms with Gasteiger partial charge in [0.05, 0.1) is 23.1 Å². The summed E-state index contributed by atoms with van der Waals surface area (Å²) >= 11 is 3.42. The summed E-state index contributed by atoms with van der Waals surface area (Å²) in [4.78, 5) is 16.6. The highest BCUT2D eigenvalue weighted by Crippen LogP contribution is 2.23. The summed E-state index contributed by atoms with van der Waals surface area (Å²) in [5.41, 5.74) is 4.09. The Kier molecular flexibility index (Phi) is 4.91. The highest BCUT2D eigenvalue weighted by molar-refractivity contribution is 9.10. The molecule has 0 bridgehead atoms. The Labute approximate surface area is 149 Å². The van der Waals surface area contributed by atoms with Crippen LogP contribution in [0.2, 0.25) is 0 Å². The van der Waals surface area contributed by atoms with Gasteiger partial charge in [-0.2, -0.15) is 0 Å². The first-order valence-electron chi connectivity index (χ1n) is 7.47. The standard InChI is InChI=1S/C19H16BrN3O/c1-13-6-2-4-8-17(13)22-15-10-14(11-21-12-15)19(24)23-18-9-5-3-7-16(18)20/h2-12,22H,1H3,(H,23,24). The van der Waals surface area contributed by atoms with Gasteiger partial charge in [0.1, 0.15) is 0 Å². The number of rotatable bonds is 4. The molecule has 4 nitrogen and oxygen atoms in total. The second kappa shape index (κ2) is 7.27. The van der Waals surface area contributed by atoms with Gasteiger partial charge in [0.15, 0.2) is 0 Å². The lowest BCUT2D eigenvalue weighted by Gasteiger charge is -2.11. The van der Waals surface area contributed by atoms with Gasteiger partial charge in [0.25, 0.3) is 5.91 Å². The van der Waals surface area contributed by atoms with Crippen LogP contribution in [0.25, 0.3) is 0 Å². The molecular weight excluding hydrogens is 366 g/mol. The molecule has 120 valence electrons. The number of hydrogen-bond acceptors (Lipinski definition) is 3. The van der Waals surface area contributed by atoms with E-state index in [1.165, 1.54) is 0 Å². The normalized spacial score (nSPS) is 10.2. The number of aromatic nitrogens is 1. The molecule has 1 heterocycles. The van der Waals surface area contributed by atoms with Gasteiger partial charge in [-0.1, -0.05) is 30.3 Å². The van der Waals surface area contributed by atoms with Gasteiger partial charge in [-0.05, 0) is 52.7 Å². The lowest BCUT2D eigenvalue weighted by Crippen LogP contribution is -2.12. The van der Waals surface area contributed by atoms with Crippen LogP contribution in [0.4, 0.5) is 17.1 Å². The molecule has 0 aliphatic heterocycles. The number of carbonyl (C=O) groups excluding carboxylic acids is 1. The molecule has 1 amide bonds. The Balaban J connectivity index is 1.79. The van der Waals surface area contributed by atoms with Crippen LogP contribution < -0.4 is 10.6 Å². The lowest BCUT2D eigenvalue weighted by molar-refractivity contribution is 0.102. The zero-order valence-corrected chi connectivity index (χ0v) is 14.7. The van der Waals surface area contributed by atoms with Gasteiger partial charge in [0.2, 0.25) is 0 Å². The summed E-state index contributed by atoms with van der Waals surface area (Å²) < 4.78 is 0.834. The first-order valence-corrected chi connectivity index (χ1v) is 8.26. The minimum atomic E-state index is -0.206. The second-order valence-corrected chi connectivity index (χ2v) is 6.19. The van der Waals surface area contributed by atoms with Crippen molar-refractivity contribution < 1.29 is 4.79 Å². The second-order valence-electron chi connectivity index (χ2n) is 5.34.